The summed E-state index contributed by atoms with van der Waals surface area (Å²) in [5.41, 5.74) is -0.396. The minimum Gasteiger partial charge on any atom is -0.496 e. The first-order valence-corrected chi connectivity index (χ1v) is 6.56. The first-order chi connectivity index (χ1) is 9.85. The summed E-state index contributed by atoms with van der Waals surface area (Å²) >= 11 is 6.00. The van der Waals surface area contributed by atoms with Crippen LogP contribution in [0.5, 0.6) is 5.75 Å². The number of carbonyl (C=O) groups is 1. The maximum absolute atomic E-state index is 11.2. The Balaban J connectivity index is 2.46. The number of ether oxygens (including phenoxy) is 1. The fraction of sp³-hybridized carbons (Fsp3) is 0.385. The van der Waals surface area contributed by atoms with Crippen molar-refractivity contribution in [2.45, 2.75) is 20.4 Å². The van der Waals surface area contributed by atoms with Crippen molar-refractivity contribution in [3.63, 3.8) is 0 Å². The number of aliphatic carboxylic acids is 1. The van der Waals surface area contributed by atoms with Crippen molar-refractivity contribution < 1.29 is 14.6 Å². The molecule has 0 aliphatic carbocycles. The molecule has 0 unspecified atom stereocenters. The minimum atomic E-state index is -1.00. The zero-order valence-electron chi connectivity index (χ0n) is 11.9. The Labute approximate surface area is 126 Å². The summed E-state index contributed by atoms with van der Waals surface area (Å²) < 4.78 is 6.71. The second-order valence-corrected chi connectivity index (χ2v) is 5.63. The summed E-state index contributed by atoms with van der Waals surface area (Å²) in [5.74, 6) is 0.0364. The molecule has 0 radical (unpaired) electrons. The van der Waals surface area contributed by atoms with Gasteiger partial charge in [0.15, 0.2) is 5.82 Å². The molecule has 0 bridgehead atoms. The predicted molar refractivity (Wildman–Crippen MR) is 76.2 cm³/mol. The number of rotatable bonds is 5. The number of hydrogen-bond donors (Lipinski definition) is 1. The van der Waals surface area contributed by atoms with Gasteiger partial charge in [-0.25, -0.2) is 4.68 Å². The number of nitrogens with zero attached hydrogens (tertiary/aromatic N) is 4. The first-order valence-electron chi connectivity index (χ1n) is 6.18. The molecular formula is C13H15ClN4O3. The summed E-state index contributed by atoms with van der Waals surface area (Å²) in [7, 11) is 1.53. The molecule has 0 atom stereocenters. The molecule has 112 valence electrons. The maximum Gasteiger partial charge on any atom is 0.310 e. The lowest BCUT2D eigenvalue weighted by Gasteiger charge is -2.19. The lowest BCUT2D eigenvalue weighted by molar-refractivity contribution is -0.147. The van der Waals surface area contributed by atoms with Crippen molar-refractivity contribution in [3.05, 3.63) is 23.2 Å². The Morgan fingerprint density at radius 3 is 2.81 bits per heavy atom. The van der Waals surface area contributed by atoms with Crippen LogP contribution < -0.4 is 4.74 Å². The van der Waals surface area contributed by atoms with Gasteiger partial charge in [-0.1, -0.05) is 11.6 Å². The highest BCUT2D eigenvalue weighted by Gasteiger charge is 2.30. The quantitative estimate of drug-likeness (QED) is 0.909. The van der Waals surface area contributed by atoms with Gasteiger partial charge in [0.2, 0.25) is 0 Å². The smallest absolute Gasteiger partial charge is 0.310 e. The summed E-state index contributed by atoms with van der Waals surface area (Å²) in [6.45, 7) is 3.34. The topological polar surface area (TPSA) is 90.1 Å². The van der Waals surface area contributed by atoms with Crippen molar-refractivity contribution in [3.8, 4) is 17.1 Å². The number of tetrazole rings is 1. The van der Waals surface area contributed by atoms with Crippen molar-refractivity contribution in [1.82, 2.24) is 20.2 Å². The summed E-state index contributed by atoms with van der Waals surface area (Å²) in [6, 6.07) is 5.08. The van der Waals surface area contributed by atoms with Crippen molar-refractivity contribution in [2.75, 3.05) is 7.11 Å². The van der Waals surface area contributed by atoms with Gasteiger partial charge in [-0.3, -0.25) is 4.79 Å². The van der Waals surface area contributed by atoms with Crippen LogP contribution in [0.2, 0.25) is 5.02 Å². The molecule has 1 heterocycles. The van der Waals surface area contributed by atoms with E-state index in [-0.39, 0.29) is 6.54 Å². The van der Waals surface area contributed by atoms with E-state index in [1.807, 2.05) is 0 Å². The van der Waals surface area contributed by atoms with Gasteiger partial charge in [-0.2, -0.15) is 0 Å². The van der Waals surface area contributed by atoms with Gasteiger partial charge in [-0.05, 0) is 42.5 Å². The molecule has 8 heteroatoms. The van der Waals surface area contributed by atoms with E-state index in [9.17, 15) is 9.90 Å². The molecule has 0 saturated heterocycles. The van der Waals surface area contributed by atoms with Gasteiger partial charge in [0.25, 0.3) is 0 Å². The average Bonchev–Trinajstić information content (AvgIpc) is 2.85. The van der Waals surface area contributed by atoms with Gasteiger partial charge in [-0.15, -0.1) is 5.10 Å². The third kappa shape index (κ3) is 3.13. The lowest BCUT2D eigenvalue weighted by atomic mass is 9.94. The Bertz CT molecular complexity index is 669. The van der Waals surface area contributed by atoms with E-state index in [1.54, 1.807) is 32.0 Å². The Morgan fingerprint density at radius 2 is 2.19 bits per heavy atom. The highest BCUT2D eigenvalue weighted by atomic mass is 35.5. The number of benzene rings is 1. The molecule has 0 amide bonds. The highest BCUT2D eigenvalue weighted by molar-refractivity contribution is 6.30. The number of halogens is 1. The van der Waals surface area contributed by atoms with Crippen LogP contribution in [0.1, 0.15) is 13.8 Å². The summed E-state index contributed by atoms with van der Waals surface area (Å²) in [5, 5.41) is 21.2. The summed E-state index contributed by atoms with van der Waals surface area (Å²) in [4.78, 5) is 11.2. The fourth-order valence-corrected chi connectivity index (χ4v) is 1.97. The average molecular weight is 311 g/mol. The van der Waals surface area contributed by atoms with E-state index in [4.69, 9.17) is 16.3 Å². The third-order valence-electron chi connectivity index (χ3n) is 3.06. The number of methoxy groups -OCH3 is 1. The number of carboxylic acid groups (broad SMARTS) is 1. The van der Waals surface area contributed by atoms with Crippen LogP contribution in [-0.4, -0.2) is 38.4 Å². The Morgan fingerprint density at radius 1 is 1.48 bits per heavy atom. The molecule has 2 rings (SSSR count). The van der Waals surface area contributed by atoms with Crippen LogP contribution in [-0.2, 0) is 11.3 Å². The van der Waals surface area contributed by atoms with E-state index in [2.05, 4.69) is 15.5 Å². The Kier molecular flexibility index (Phi) is 4.13. The van der Waals surface area contributed by atoms with Crippen LogP contribution in [0.25, 0.3) is 11.4 Å². The molecule has 2 aromatic rings. The first kappa shape index (κ1) is 15.2. The predicted octanol–water partition coefficient (Wildman–Crippen LogP) is 2.11. The molecule has 0 aliphatic rings. The molecule has 21 heavy (non-hydrogen) atoms. The van der Waals surface area contributed by atoms with E-state index in [0.717, 1.165) is 0 Å². The standard InChI is InChI=1S/C13H15ClN4O3/c1-13(2,12(19)20)7-18-11(15-16-17-18)9-6-8(14)4-5-10(9)21-3/h4-6H,7H2,1-3H3,(H,19,20). The van der Waals surface area contributed by atoms with Crippen LogP contribution in [0.4, 0.5) is 0 Å². The number of aromatic nitrogens is 4. The molecule has 0 saturated carbocycles. The van der Waals surface area contributed by atoms with Gasteiger partial charge in [0.05, 0.1) is 24.6 Å². The number of hydrogen-bond acceptors (Lipinski definition) is 5. The molecule has 0 spiro atoms. The van der Waals surface area contributed by atoms with Gasteiger partial charge in [0.1, 0.15) is 5.75 Å². The van der Waals surface area contributed by atoms with Crippen molar-refractivity contribution in [2.24, 2.45) is 5.41 Å². The highest BCUT2D eigenvalue weighted by Crippen LogP contribution is 2.31. The molecule has 7 nitrogen and oxygen atoms in total. The molecule has 0 fully saturated rings. The molecule has 0 aliphatic heterocycles. The van der Waals surface area contributed by atoms with Crippen LogP contribution >= 0.6 is 11.6 Å². The summed E-state index contributed by atoms with van der Waals surface area (Å²) in [6.07, 6.45) is 0. The third-order valence-corrected chi connectivity index (χ3v) is 3.29. The van der Waals surface area contributed by atoms with Gasteiger partial charge in [0, 0.05) is 5.02 Å². The monoisotopic (exact) mass is 310 g/mol. The second kappa shape index (κ2) is 5.69. The maximum atomic E-state index is 11.2. The van der Waals surface area contributed by atoms with Crippen molar-refractivity contribution >= 4 is 17.6 Å². The fourth-order valence-electron chi connectivity index (χ4n) is 1.80. The van der Waals surface area contributed by atoms with E-state index < -0.39 is 11.4 Å². The van der Waals surface area contributed by atoms with E-state index in [1.165, 1.54) is 11.8 Å². The zero-order valence-corrected chi connectivity index (χ0v) is 12.6. The minimum absolute atomic E-state index is 0.125. The lowest BCUT2D eigenvalue weighted by Crippen LogP contribution is -2.30. The van der Waals surface area contributed by atoms with Crippen LogP contribution in [0.15, 0.2) is 18.2 Å². The zero-order chi connectivity index (χ0) is 15.6. The number of carboxylic acids is 1. The van der Waals surface area contributed by atoms with Crippen LogP contribution in [0.3, 0.4) is 0 Å². The molecule has 1 N–H and O–H groups in total. The van der Waals surface area contributed by atoms with E-state index in [0.29, 0.717) is 22.2 Å². The second-order valence-electron chi connectivity index (χ2n) is 5.19. The van der Waals surface area contributed by atoms with Crippen molar-refractivity contribution in [1.29, 1.82) is 0 Å². The van der Waals surface area contributed by atoms with Crippen LogP contribution in [0, 0.1) is 5.41 Å². The SMILES string of the molecule is COc1ccc(Cl)cc1-c1nnnn1CC(C)(C)C(=O)O. The van der Waals surface area contributed by atoms with E-state index >= 15 is 0 Å². The normalized spacial score (nSPS) is 11.4. The molecule has 1 aromatic carbocycles. The van der Waals surface area contributed by atoms with Gasteiger partial charge < -0.3 is 9.84 Å². The largest absolute Gasteiger partial charge is 0.496 e. The Hall–Kier alpha value is -2.15. The molecule has 1 aromatic heterocycles. The molecular weight excluding hydrogens is 296 g/mol. The van der Waals surface area contributed by atoms with Gasteiger partial charge >= 0.3 is 5.97 Å².